The molecule has 2 nitrogen and oxygen atoms in total. The third-order valence-electron chi connectivity index (χ3n) is 2.50. The van der Waals surface area contributed by atoms with Crippen LogP contribution in [0.25, 0.3) is 0 Å². The maximum atomic E-state index is 5.68. The molecule has 86 valence electrons. The molecule has 0 aromatic heterocycles. The highest BCUT2D eigenvalue weighted by Crippen LogP contribution is 2.12. The summed E-state index contributed by atoms with van der Waals surface area (Å²) >= 11 is 0. The van der Waals surface area contributed by atoms with Gasteiger partial charge in [-0.1, -0.05) is 27.2 Å². The molecule has 0 spiro atoms. The zero-order valence-electron chi connectivity index (χ0n) is 10.2. The first-order chi connectivity index (χ1) is 6.72. The van der Waals surface area contributed by atoms with Crippen molar-refractivity contribution < 1.29 is 9.47 Å². The van der Waals surface area contributed by atoms with E-state index in [0.717, 1.165) is 26.2 Å². The Hall–Kier alpha value is -0.0800. The summed E-state index contributed by atoms with van der Waals surface area (Å²) in [5, 5.41) is 0. The van der Waals surface area contributed by atoms with Crippen molar-refractivity contribution >= 4 is 0 Å². The van der Waals surface area contributed by atoms with Crippen LogP contribution in [-0.4, -0.2) is 25.9 Å². The third-order valence-corrected chi connectivity index (χ3v) is 2.50. The molecule has 0 amide bonds. The van der Waals surface area contributed by atoms with Crippen LogP contribution in [0.2, 0.25) is 0 Å². The van der Waals surface area contributed by atoms with E-state index in [4.69, 9.17) is 9.47 Å². The Labute approximate surface area is 89.0 Å². The Kier molecular flexibility index (Phi) is 9.42. The van der Waals surface area contributed by atoms with E-state index in [1.54, 1.807) is 0 Å². The van der Waals surface area contributed by atoms with Gasteiger partial charge >= 0.3 is 0 Å². The van der Waals surface area contributed by atoms with Crippen LogP contribution in [0.1, 0.15) is 47.0 Å². The fourth-order valence-corrected chi connectivity index (χ4v) is 1.39. The Bertz CT molecular complexity index is 115. The summed E-state index contributed by atoms with van der Waals surface area (Å²) in [5.41, 5.74) is 0. The number of rotatable bonds is 9. The molecule has 0 aliphatic heterocycles. The van der Waals surface area contributed by atoms with Crippen LogP contribution in [0.3, 0.4) is 0 Å². The van der Waals surface area contributed by atoms with Crippen LogP contribution in [0.15, 0.2) is 0 Å². The first kappa shape index (κ1) is 13.9. The molecule has 2 atom stereocenters. The van der Waals surface area contributed by atoms with Crippen LogP contribution in [0.4, 0.5) is 0 Å². The van der Waals surface area contributed by atoms with Gasteiger partial charge in [-0.25, -0.2) is 0 Å². The Balaban J connectivity index is 3.29. The van der Waals surface area contributed by atoms with Crippen molar-refractivity contribution in [2.75, 3.05) is 19.8 Å². The van der Waals surface area contributed by atoms with Crippen LogP contribution >= 0.6 is 0 Å². The lowest BCUT2D eigenvalue weighted by atomic mass is 10.0. The topological polar surface area (TPSA) is 18.5 Å². The molecule has 0 rings (SSSR count). The molecule has 0 heterocycles. The van der Waals surface area contributed by atoms with Crippen molar-refractivity contribution in [3.63, 3.8) is 0 Å². The summed E-state index contributed by atoms with van der Waals surface area (Å²) in [6.07, 6.45) is 3.93. The lowest BCUT2D eigenvalue weighted by Crippen LogP contribution is -2.20. The van der Waals surface area contributed by atoms with Gasteiger partial charge in [-0.15, -0.1) is 0 Å². The molecule has 0 fully saturated rings. The maximum Gasteiger partial charge on any atom is 0.0704 e. The summed E-state index contributed by atoms with van der Waals surface area (Å²) in [5.74, 6) is 0.658. The molecule has 0 bridgehead atoms. The molecule has 2 unspecified atom stereocenters. The normalized spacial score (nSPS) is 15.4. The largest absolute Gasteiger partial charge is 0.379 e. The summed E-state index contributed by atoms with van der Waals surface area (Å²) in [7, 11) is 0. The Morgan fingerprint density at radius 3 is 2.21 bits per heavy atom. The number of ether oxygens (including phenoxy) is 2. The van der Waals surface area contributed by atoms with Gasteiger partial charge in [0.2, 0.25) is 0 Å². The average Bonchev–Trinajstić information content (AvgIpc) is 2.17. The molecule has 0 aliphatic carbocycles. The first-order valence-electron chi connectivity index (χ1n) is 5.91. The van der Waals surface area contributed by atoms with Crippen molar-refractivity contribution in [2.45, 2.75) is 53.1 Å². The van der Waals surface area contributed by atoms with Gasteiger partial charge in [-0.2, -0.15) is 0 Å². The highest BCUT2D eigenvalue weighted by Gasteiger charge is 2.10. The molecular weight excluding hydrogens is 176 g/mol. The monoisotopic (exact) mass is 202 g/mol. The third kappa shape index (κ3) is 7.34. The SMILES string of the molecule is CCCOCCOC(C)C(C)CCC. The van der Waals surface area contributed by atoms with E-state index in [1.165, 1.54) is 12.8 Å². The molecular formula is C12H26O2. The number of hydrogen-bond acceptors (Lipinski definition) is 2. The average molecular weight is 202 g/mol. The van der Waals surface area contributed by atoms with Crippen molar-refractivity contribution in [1.29, 1.82) is 0 Å². The molecule has 0 radical (unpaired) electrons. The van der Waals surface area contributed by atoms with Crippen molar-refractivity contribution in [3.8, 4) is 0 Å². The molecule has 0 N–H and O–H groups in total. The molecule has 0 aromatic carbocycles. The second-order valence-corrected chi connectivity index (χ2v) is 3.95. The van der Waals surface area contributed by atoms with Gasteiger partial charge in [-0.3, -0.25) is 0 Å². The minimum Gasteiger partial charge on any atom is -0.379 e. The van der Waals surface area contributed by atoms with Gasteiger partial charge in [-0.05, 0) is 25.7 Å². The quantitative estimate of drug-likeness (QED) is 0.534. The summed E-state index contributed by atoms with van der Waals surface area (Å²) in [4.78, 5) is 0. The van der Waals surface area contributed by atoms with Crippen molar-refractivity contribution in [3.05, 3.63) is 0 Å². The highest BCUT2D eigenvalue weighted by atomic mass is 16.5. The summed E-state index contributed by atoms with van der Waals surface area (Å²) in [6, 6.07) is 0. The van der Waals surface area contributed by atoms with Crippen LogP contribution in [0.5, 0.6) is 0 Å². The van der Waals surface area contributed by atoms with Crippen molar-refractivity contribution in [1.82, 2.24) is 0 Å². The molecule has 0 aliphatic rings. The van der Waals surface area contributed by atoms with Crippen LogP contribution < -0.4 is 0 Å². The van der Waals surface area contributed by atoms with E-state index in [0.29, 0.717) is 12.0 Å². The second kappa shape index (κ2) is 9.47. The lowest BCUT2D eigenvalue weighted by Gasteiger charge is -2.19. The lowest BCUT2D eigenvalue weighted by molar-refractivity contribution is -0.0106. The smallest absolute Gasteiger partial charge is 0.0704 e. The molecule has 0 saturated heterocycles. The van der Waals surface area contributed by atoms with Gasteiger partial charge in [0.15, 0.2) is 0 Å². The van der Waals surface area contributed by atoms with Gasteiger partial charge in [0, 0.05) is 6.61 Å². The minimum absolute atomic E-state index is 0.361. The predicted octanol–water partition coefficient (Wildman–Crippen LogP) is 3.25. The number of hydrogen-bond donors (Lipinski definition) is 0. The fraction of sp³-hybridized carbons (Fsp3) is 1.00. The summed E-state index contributed by atoms with van der Waals surface area (Å²) < 4.78 is 11.0. The Morgan fingerprint density at radius 2 is 1.64 bits per heavy atom. The van der Waals surface area contributed by atoms with E-state index in [2.05, 4.69) is 27.7 Å². The zero-order chi connectivity index (χ0) is 10.8. The van der Waals surface area contributed by atoms with E-state index in [9.17, 15) is 0 Å². The van der Waals surface area contributed by atoms with E-state index in [1.807, 2.05) is 0 Å². The van der Waals surface area contributed by atoms with Crippen LogP contribution in [0, 0.1) is 5.92 Å². The maximum absolute atomic E-state index is 5.68. The van der Waals surface area contributed by atoms with Gasteiger partial charge < -0.3 is 9.47 Å². The van der Waals surface area contributed by atoms with Gasteiger partial charge in [0.25, 0.3) is 0 Å². The van der Waals surface area contributed by atoms with Crippen LogP contribution in [-0.2, 0) is 9.47 Å². The zero-order valence-corrected chi connectivity index (χ0v) is 10.2. The van der Waals surface area contributed by atoms with E-state index < -0.39 is 0 Å². The summed E-state index contributed by atoms with van der Waals surface area (Å²) in [6.45, 7) is 11.1. The Morgan fingerprint density at radius 1 is 0.929 bits per heavy atom. The highest BCUT2D eigenvalue weighted by molar-refractivity contribution is 4.60. The molecule has 0 aromatic rings. The van der Waals surface area contributed by atoms with Crippen molar-refractivity contribution in [2.24, 2.45) is 5.92 Å². The minimum atomic E-state index is 0.361. The predicted molar refractivity (Wildman–Crippen MR) is 60.6 cm³/mol. The second-order valence-electron chi connectivity index (χ2n) is 3.95. The van der Waals surface area contributed by atoms with Gasteiger partial charge in [0.1, 0.15) is 0 Å². The molecule has 14 heavy (non-hydrogen) atoms. The molecule has 0 saturated carbocycles. The van der Waals surface area contributed by atoms with E-state index >= 15 is 0 Å². The standard InChI is InChI=1S/C12H26O2/c1-5-7-11(3)12(4)14-10-9-13-8-6-2/h11-12H,5-10H2,1-4H3. The van der Waals surface area contributed by atoms with E-state index in [-0.39, 0.29) is 0 Å². The van der Waals surface area contributed by atoms with Gasteiger partial charge in [0.05, 0.1) is 19.3 Å². The fourth-order valence-electron chi connectivity index (χ4n) is 1.39. The molecule has 2 heteroatoms. The first-order valence-corrected chi connectivity index (χ1v) is 5.91.